The first-order valence-corrected chi connectivity index (χ1v) is 16.6. The van der Waals surface area contributed by atoms with Crippen LogP contribution >= 0.6 is 0 Å². The molecule has 0 fully saturated rings. The average Bonchev–Trinajstić information content (AvgIpc) is 2.85. The molecular weight excluding hydrogens is 408 g/mol. The molecule has 0 aromatic heterocycles. The number of unbranched alkanes of at least 4 members (excludes halogenated alkanes) is 17. The minimum absolute atomic E-state index is 0.574. The molecule has 0 aliphatic heterocycles. The van der Waals surface area contributed by atoms with Gasteiger partial charge in [-0.05, 0) is 43.4 Å². The molecule has 0 spiro atoms. The van der Waals surface area contributed by atoms with E-state index < -0.39 is 0 Å². The van der Waals surface area contributed by atoms with E-state index in [1.807, 2.05) is 5.92 Å². The molecular formula is C34H69. The monoisotopic (exact) mass is 478 g/mol. The lowest BCUT2D eigenvalue weighted by Crippen LogP contribution is -2.30. The highest BCUT2D eigenvalue weighted by Crippen LogP contribution is 2.49. The Morgan fingerprint density at radius 1 is 0.324 bits per heavy atom. The van der Waals surface area contributed by atoms with E-state index in [2.05, 4.69) is 34.6 Å². The van der Waals surface area contributed by atoms with E-state index in [1.54, 1.807) is 0 Å². The zero-order chi connectivity index (χ0) is 25.2. The topological polar surface area (TPSA) is 0 Å². The number of hydrogen-bond donors (Lipinski definition) is 0. The molecule has 0 aromatic rings. The smallest absolute Gasteiger partial charge is 0.0179 e. The van der Waals surface area contributed by atoms with Crippen molar-refractivity contribution in [2.45, 2.75) is 208 Å². The van der Waals surface area contributed by atoms with Crippen molar-refractivity contribution in [2.24, 2.45) is 5.41 Å². The summed E-state index contributed by atoms with van der Waals surface area (Å²) in [6.07, 6.45) is 39.0. The zero-order valence-electron chi connectivity index (χ0n) is 25.1. The van der Waals surface area contributed by atoms with Crippen LogP contribution < -0.4 is 0 Å². The molecule has 0 aliphatic carbocycles. The van der Waals surface area contributed by atoms with Crippen LogP contribution in [-0.2, 0) is 0 Å². The van der Waals surface area contributed by atoms with Crippen LogP contribution in [0.15, 0.2) is 0 Å². The summed E-state index contributed by atoms with van der Waals surface area (Å²) < 4.78 is 0. The molecule has 0 bridgehead atoms. The number of hydrogen-bond acceptors (Lipinski definition) is 0. The van der Waals surface area contributed by atoms with Crippen molar-refractivity contribution in [3.05, 3.63) is 5.92 Å². The Bertz CT molecular complexity index is 346. The predicted molar refractivity (Wildman–Crippen MR) is 159 cm³/mol. The minimum Gasteiger partial charge on any atom is -0.0654 e. The first-order chi connectivity index (χ1) is 16.7. The van der Waals surface area contributed by atoms with Crippen molar-refractivity contribution in [2.75, 3.05) is 0 Å². The molecule has 205 valence electrons. The van der Waals surface area contributed by atoms with Crippen LogP contribution in [0.2, 0.25) is 0 Å². The van der Waals surface area contributed by atoms with E-state index in [1.165, 1.54) is 173 Å². The van der Waals surface area contributed by atoms with Gasteiger partial charge in [-0.25, -0.2) is 0 Å². The molecule has 0 atom stereocenters. The van der Waals surface area contributed by atoms with Gasteiger partial charge in [-0.3, -0.25) is 0 Å². The van der Waals surface area contributed by atoms with Crippen molar-refractivity contribution in [3.63, 3.8) is 0 Å². The molecule has 0 heteroatoms. The highest BCUT2D eigenvalue weighted by atomic mass is 14.4. The maximum Gasteiger partial charge on any atom is -0.0179 e. The van der Waals surface area contributed by atoms with Crippen molar-refractivity contribution < 1.29 is 0 Å². The van der Waals surface area contributed by atoms with E-state index in [-0.39, 0.29) is 0 Å². The summed E-state index contributed by atoms with van der Waals surface area (Å²) in [6.45, 7) is 11.8. The number of rotatable bonds is 28. The summed E-state index contributed by atoms with van der Waals surface area (Å²) in [6, 6.07) is 0. The third-order valence-electron chi connectivity index (χ3n) is 8.44. The maximum absolute atomic E-state index is 2.37. The van der Waals surface area contributed by atoms with Gasteiger partial charge in [0.15, 0.2) is 0 Å². The minimum atomic E-state index is 0.574. The van der Waals surface area contributed by atoms with Crippen LogP contribution in [0.3, 0.4) is 0 Å². The fraction of sp³-hybridized carbons (Fsp3) is 0.971. The fourth-order valence-corrected chi connectivity index (χ4v) is 6.12. The maximum atomic E-state index is 2.37. The molecule has 0 rings (SSSR count). The molecule has 0 aliphatic rings. The second-order valence-electron chi connectivity index (χ2n) is 11.6. The Morgan fingerprint density at radius 3 is 0.941 bits per heavy atom. The first kappa shape index (κ1) is 34.0. The van der Waals surface area contributed by atoms with Crippen LogP contribution in [0.5, 0.6) is 0 Å². The normalized spacial score (nSPS) is 12.2. The summed E-state index contributed by atoms with van der Waals surface area (Å²) in [5.74, 6) is 2.04. The van der Waals surface area contributed by atoms with Crippen molar-refractivity contribution in [3.8, 4) is 0 Å². The van der Waals surface area contributed by atoms with Gasteiger partial charge in [0, 0.05) is 0 Å². The van der Waals surface area contributed by atoms with Crippen LogP contribution in [0, 0.1) is 11.3 Å². The standard InChI is InChI=1S/C34H69/c1-6-11-16-21-22-27-32-34(30-25-19-14-9-4,31-26-20-15-10-5)33(28-23-17-12-7-2)29-24-18-13-8-3/h6-32H2,1-5H3. The third kappa shape index (κ3) is 18.3. The summed E-state index contributed by atoms with van der Waals surface area (Å²) in [5, 5.41) is 0. The highest BCUT2D eigenvalue weighted by molar-refractivity contribution is 5.07. The molecule has 1 radical (unpaired) electrons. The van der Waals surface area contributed by atoms with Gasteiger partial charge in [-0.2, -0.15) is 0 Å². The first-order valence-electron chi connectivity index (χ1n) is 16.6. The lowest BCUT2D eigenvalue weighted by Gasteiger charge is -2.42. The van der Waals surface area contributed by atoms with Crippen LogP contribution in [-0.4, -0.2) is 0 Å². The Labute approximate surface area is 219 Å². The summed E-state index contributed by atoms with van der Waals surface area (Å²) in [7, 11) is 0. The molecule has 34 heavy (non-hydrogen) atoms. The molecule has 0 heterocycles. The average molecular weight is 478 g/mol. The van der Waals surface area contributed by atoms with Crippen molar-refractivity contribution in [1.29, 1.82) is 0 Å². The van der Waals surface area contributed by atoms with Crippen LogP contribution in [0.1, 0.15) is 208 Å². The van der Waals surface area contributed by atoms with Gasteiger partial charge in [0.05, 0.1) is 0 Å². The molecule has 0 N–H and O–H groups in total. The molecule has 0 nitrogen and oxygen atoms in total. The highest BCUT2D eigenvalue weighted by Gasteiger charge is 2.36. The van der Waals surface area contributed by atoms with Gasteiger partial charge in [0.2, 0.25) is 0 Å². The largest absolute Gasteiger partial charge is 0.0654 e. The molecule has 0 unspecified atom stereocenters. The van der Waals surface area contributed by atoms with Gasteiger partial charge < -0.3 is 0 Å². The van der Waals surface area contributed by atoms with Gasteiger partial charge in [0.1, 0.15) is 0 Å². The Kier molecular flexibility index (Phi) is 26.1. The van der Waals surface area contributed by atoms with Gasteiger partial charge in [-0.15, -0.1) is 0 Å². The summed E-state index contributed by atoms with van der Waals surface area (Å²) in [4.78, 5) is 0. The summed E-state index contributed by atoms with van der Waals surface area (Å²) in [5.41, 5.74) is 0.574. The van der Waals surface area contributed by atoms with Gasteiger partial charge in [-0.1, -0.05) is 176 Å². The van der Waals surface area contributed by atoms with E-state index in [0.29, 0.717) is 5.41 Å². The second-order valence-corrected chi connectivity index (χ2v) is 11.6. The Morgan fingerprint density at radius 2 is 0.588 bits per heavy atom. The van der Waals surface area contributed by atoms with Gasteiger partial charge >= 0.3 is 0 Å². The van der Waals surface area contributed by atoms with Crippen LogP contribution in [0.4, 0.5) is 0 Å². The molecule has 0 saturated heterocycles. The molecule has 0 amide bonds. The molecule has 0 saturated carbocycles. The SMILES string of the molecule is CCCCCCCCC(CCCCCC)(CCCCCC)[C](CCCCCC)CCCCCC. The van der Waals surface area contributed by atoms with Crippen LogP contribution in [0.25, 0.3) is 0 Å². The second kappa shape index (κ2) is 26.1. The van der Waals surface area contributed by atoms with Crippen molar-refractivity contribution in [1.82, 2.24) is 0 Å². The van der Waals surface area contributed by atoms with E-state index >= 15 is 0 Å². The van der Waals surface area contributed by atoms with E-state index in [9.17, 15) is 0 Å². The molecule has 0 aromatic carbocycles. The van der Waals surface area contributed by atoms with Crippen molar-refractivity contribution >= 4 is 0 Å². The zero-order valence-corrected chi connectivity index (χ0v) is 25.1. The fourth-order valence-electron chi connectivity index (χ4n) is 6.12. The lowest BCUT2D eigenvalue weighted by molar-refractivity contribution is 0.189. The predicted octanol–water partition coefficient (Wildman–Crippen LogP) is 13.2. The van der Waals surface area contributed by atoms with E-state index in [4.69, 9.17) is 0 Å². The Balaban J connectivity index is 5.44. The summed E-state index contributed by atoms with van der Waals surface area (Å²) >= 11 is 0. The lowest BCUT2D eigenvalue weighted by atomic mass is 9.62. The van der Waals surface area contributed by atoms with Gasteiger partial charge in [0.25, 0.3) is 0 Å². The Hall–Kier alpha value is 0. The van der Waals surface area contributed by atoms with E-state index in [0.717, 1.165) is 0 Å². The third-order valence-corrected chi connectivity index (χ3v) is 8.44. The quantitative estimate of drug-likeness (QED) is 0.0982.